The minimum absolute atomic E-state index is 0.0832. The van der Waals surface area contributed by atoms with Gasteiger partial charge >= 0.3 is 0 Å². The smallest absolute Gasteiger partial charge is 0.273 e. The molecule has 0 radical (unpaired) electrons. The van der Waals surface area contributed by atoms with E-state index in [0.717, 1.165) is 59.6 Å². The summed E-state index contributed by atoms with van der Waals surface area (Å²) in [4.78, 5) is 20.8. The summed E-state index contributed by atoms with van der Waals surface area (Å²) in [7, 11) is 1.71. The molecule has 186 valence electrons. The Morgan fingerprint density at radius 3 is 2.50 bits per heavy atom. The Morgan fingerprint density at radius 2 is 1.78 bits per heavy atom. The van der Waals surface area contributed by atoms with Crippen LogP contribution in [0.2, 0.25) is 0 Å². The maximum Gasteiger partial charge on any atom is 0.273 e. The predicted octanol–water partition coefficient (Wildman–Crippen LogP) is 5.37. The second-order valence-corrected chi connectivity index (χ2v) is 9.97. The number of imidazole rings is 1. The van der Waals surface area contributed by atoms with Crippen molar-refractivity contribution >= 4 is 11.6 Å². The number of benzene rings is 1. The summed E-state index contributed by atoms with van der Waals surface area (Å²) in [6.45, 7) is 5.81. The molecule has 0 spiro atoms. The molecule has 0 saturated carbocycles. The van der Waals surface area contributed by atoms with Crippen LogP contribution < -0.4 is 0 Å². The molecular formula is C27H26F3N5O. The van der Waals surface area contributed by atoms with Gasteiger partial charge in [-0.1, -0.05) is 6.07 Å². The van der Waals surface area contributed by atoms with E-state index in [2.05, 4.69) is 0 Å². The monoisotopic (exact) mass is 493 g/mol. The largest absolute Gasteiger partial charge is 0.325 e. The van der Waals surface area contributed by atoms with Crippen molar-refractivity contribution in [1.82, 2.24) is 24.1 Å². The van der Waals surface area contributed by atoms with E-state index >= 15 is 0 Å². The Bertz CT molecular complexity index is 1550. The summed E-state index contributed by atoms with van der Waals surface area (Å²) < 4.78 is 45.3. The summed E-state index contributed by atoms with van der Waals surface area (Å²) in [5.74, 6) is -4.04. The molecule has 1 saturated heterocycles. The first-order chi connectivity index (χ1) is 17.2. The second kappa shape index (κ2) is 7.94. The van der Waals surface area contributed by atoms with Crippen molar-refractivity contribution in [3.8, 4) is 11.3 Å². The van der Waals surface area contributed by atoms with Gasteiger partial charge in [-0.15, -0.1) is 0 Å². The van der Waals surface area contributed by atoms with Gasteiger partial charge in [0.1, 0.15) is 11.3 Å². The third kappa shape index (κ3) is 3.14. The zero-order chi connectivity index (χ0) is 25.5. The van der Waals surface area contributed by atoms with Crippen molar-refractivity contribution in [2.75, 3.05) is 0 Å². The molecule has 1 amide bonds. The molecule has 2 aliphatic rings. The van der Waals surface area contributed by atoms with Crippen LogP contribution in [0.5, 0.6) is 0 Å². The quantitative estimate of drug-likeness (QED) is 0.353. The van der Waals surface area contributed by atoms with E-state index in [9.17, 15) is 18.0 Å². The van der Waals surface area contributed by atoms with Crippen LogP contribution in [0.15, 0.2) is 24.3 Å². The van der Waals surface area contributed by atoms with Gasteiger partial charge in [0.15, 0.2) is 17.5 Å². The van der Waals surface area contributed by atoms with Gasteiger partial charge in [-0.25, -0.2) is 18.2 Å². The summed E-state index contributed by atoms with van der Waals surface area (Å²) in [6.07, 6.45) is 3.02. The van der Waals surface area contributed by atoms with Crippen molar-refractivity contribution in [2.45, 2.75) is 58.5 Å². The van der Waals surface area contributed by atoms with Crippen LogP contribution in [0.25, 0.3) is 16.9 Å². The van der Waals surface area contributed by atoms with Crippen molar-refractivity contribution in [3.05, 3.63) is 75.6 Å². The maximum absolute atomic E-state index is 14.2. The number of fused-ring (bicyclic) bond motifs is 5. The van der Waals surface area contributed by atoms with Gasteiger partial charge in [-0.05, 0) is 70.2 Å². The molecule has 0 aliphatic carbocycles. The molecule has 6 rings (SSSR count). The average molecular weight is 494 g/mol. The van der Waals surface area contributed by atoms with E-state index in [4.69, 9.17) is 10.1 Å². The van der Waals surface area contributed by atoms with E-state index in [1.165, 1.54) is 0 Å². The van der Waals surface area contributed by atoms with E-state index in [1.54, 1.807) is 11.7 Å². The molecule has 2 atom stereocenters. The molecule has 6 nitrogen and oxygen atoms in total. The number of hydrogen-bond acceptors (Lipinski definition) is 3. The topological polar surface area (TPSA) is 55.4 Å². The molecule has 2 bridgehead atoms. The number of nitrogens with zero attached hydrogens (tertiary/aromatic N) is 5. The number of pyridine rings is 1. The van der Waals surface area contributed by atoms with E-state index < -0.39 is 17.5 Å². The standard InChI is InChI=1S/C27H26F3N5O/c1-13-8-9-14(2)34-24(15(3)31-26(13)34)27(36)35-17-6-5-7-21(35)23-18(12-17)25(33(4)32-23)16-10-19(28)22(30)20(29)11-16/h8-11,17,21H,5-7,12H2,1-4H3/t17-,21+/m1/s1. The summed E-state index contributed by atoms with van der Waals surface area (Å²) in [6, 6.07) is 5.67. The number of halogens is 3. The Labute approximate surface area is 206 Å². The number of rotatable bonds is 2. The lowest BCUT2D eigenvalue weighted by atomic mass is 9.81. The minimum atomic E-state index is -1.49. The third-order valence-electron chi connectivity index (χ3n) is 7.70. The van der Waals surface area contributed by atoms with Gasteiger partial charge in [0.2, 0.25) is 0 Å². The molecule has 0 unspecified atom stereocenters. The van der Waals surface area contributed by atoms with Gasteiger partial charge in [0.05, 0.1) is 23.1 Å². The van der Waals surface area contributed by atoms with Crippen molar-refractivity contribution in [1.29, 1.82) is 0 Å². The zero-order valence-electron chi connectivity index (χ0n) is 20.6. The highest BCUT2D eigenvalue weighted by Crippen LogP contribution is 2.45. The molecule has 9 heteroatoms. The molecule has 1 fully saturated rings. The van der Waals surface area contributed by atoms with Crippen LogP contribution in [0.1, 0.15) is 64.0 Å². The Kier molecular flexibility index (Phi) is 5.04. The van der Waals surface area contributed by atoms with E-state index in [1.807, 2.05) is 42.2 Å². The molecule has 1 aromatic carbocycles. The number of piperidine rings is 1. The van der Waals surface area contributed by atoms with Gasteiger partial charge in [-0.2, -0.15) is 5.10 Å². The maximum atomic E-state index is 14.2. The van der Waals surface area contributed by atoms with Crippen LogP contribution >= 0.6 is 0 Å². The Balaban J connectivity index is 1.48. The van der Waals surface area contributed by atoms with Gasteiger partial charge < -0.3 is 4.90 Å². The van der Waals surface area contributed by atoms with Crippen LogP contribution in [0.3, 0.4) is 0 Å². The number of hydrogen-bond donors (Lipinski definition) is 0. The van der Waals surface area contributed by atoms with Crippen LogP contribution in [0, 0.1) is 38.2 Å². The van der Waals surface area contributed by atoms with Crippen molar-refractivity contribution in [2.24, 2.45) is 7.05 Å². The van der Waals surface area contributed by atoms with Crippen LogP contribution in [-0.4, -0.2) is 36.0 Å². The Morgan fingerprint density at radius 1 is 1.06 bits per heavy atom. The molecule has 5 heterocycles. The average Bonchev–Trinajstić information content (AvgIpc) is 3.36. The highest BCUT2D eigenvalue weighted by Gasteiger charge is 2.44. The summed E-state index contributed by atoms with van der Waals surface area (Å²) in [5.41, 5.74) is 6.35. The van der Waals surface area contributed by atoms with Gasteiger partial charge in [-0.3, -0.25) is 13.9 Å². The first-order valence-electron chi connectivity index (χ1n) is 12.2. The van der Waals surface area contributed by atoms with E-state index in [0.29, 0.717) is 23.5 Å². The fourth-order valence-corrected chi connectivity index (χ4v) is 6.11. The van der Waals surface area contributed by atoms with Crippen LogP contribution in [0.4, 0.5) is 13.2 Å². The Hall–Kier alpha value is -3.62. The molecular weight excluding hydrogens is 467 g/mol. The first kappa shape index (κ1) is 22.8. The first-order valence-corrected chi connectivity index (χ1v) is 12.2. The van der Waals surface area contributed by atoms with Gasteiger partial charge in [0, 0.05) is 29.9 Å². The second-order valence-electron chi connectivity index (χ2n) is 9.97. The van der Waals surface area contributed by atoms with Crippen molar-refractivity contribution in [3.63, 3.8) is 0 Å². The lowest BCUT2D eigenvalue weighted by Gasteiger charge is -2.45. The highest BCUT2D eigenvalue weighted by molar-refractivity contribution is 5.96. The number of aromatic nitrogens is 4. The predicted molar refractivity (Wildman–Crippen MR) is 128 cm³/mol. The molecule has 2 aliphatic heterocycles. The third-order valence-corrected chi connectivity index (χ3v) is 7.70. The molecule has 3 aromatic heterocycles. The number of aryl methyl sites for hydroxylation is 4. The van der Waals surface area contributed by atoms with Crippen molar-refractivity contribution < 1.29 is 18.0 Å². The summed E-state index contributed by atoms with van der Waals surface area (Å²) in [5, 5.41) is 4.72. The van der Waals surface area contributed by atoms with Crippen LogP contribution in [-0.2, 0) is 13.5 Å². The van der Waals surface area contributed by atoms with E-state index in [-0.39, 0.29) is 23.6 Å². The molecule has 0 N–H and O–H groups in total. The molecule has 4 aromatic rings. The lowest BCUT2D eigenvalue weighted by molar-refractivity contribution is 0.0384. The highest BCUT2D eigenvalue weighted by atomic mass is 19.2. The normalized spacial score (nSPS) is 19.1. The fraction of sp³-hybridized carbons (Fsp3) is 0.370. The van der Waals surface area contributed by atoms with Gasteiger partial charge in [0.25, 0.3) is 5.91 Å². The minimum Gasteiger partial charge on any atom is -0.325 e. The fourth-order valence-electron chi connectivity index (χ4n) is 6.11. The molecule has 36 heavy (non-hydrogen) atoms. The SMILES string of the molecule is Cc1nc2c(C)ccc(C)n2c1C(=O)N1[C@@H]2CCC[C@H]1c1nn(C)c(-c3cc(F)c(F)c(F)c3)c1C2. The number of carbonyl (C=O) groups excluding carboxylic acids is 1. The number of amides is 1. The zero-order valence-corrected chi connectivity index (χ0v) is 20.6. The summed E-state index contributed by atoms with van der Waals surface area (Å²) >= 11 is 0. The lowest BCUT2D eigenvalue weighted by Crippen LogP contribution is -2.50. The number of carbonyl (C=O) groups is 1.